The van der Waals surface area contributed by atoms with Crippen molar-refractivity contribution in [3.63, 3.8) is 0 Å². The molecule has 0 heterocycles. The van der Waals surface area contributed by atoms with Gasteiger partial charge in [0.1, 0.15) is 5.75 Å². The topological polar surface area (TPSA) is 35.2 Å². The first-order valence-corrected chi connectivity index (χ1v) is 7.01. The van der Waals surface area contributed by atoms with Crippen LogP contribution in [0.5, 0.6) is 5.75 Å². The number of hydrogen-bond acceptors (Lipinski definition) is 2. The zero-order valence-electron chi connectivity index (χ0n) is 12.3. The summed E-state index contributed by atoms with van der Waals surface area (Å²) in [5.74, 6) is 0.970. The average Bonchev–Trinajstić information content (AvgIpc) is 2.37. The summed E-state index contributed by atoms with van der Waals surface area (Å²) in [6.45, 7) is 6.43. The van der Waals surface area contributed by atoms with Gasteiger partial charge < -0.3 is 10.5 Å². The molecular formula is C16H27NO. The molecule has 0 saturated heterocycles. The van der Waals surface area contributed by atoms with Crippen molar-refractivity contribution in [1.82, 2.24) is 0 Å². The molecule has 1 unspecified atom stereocenters. The second-order valence-electron chi connectivity index (χ2n) is 5.09. The van der Waals surface area contributed by atoms with Gasteiger partial charge in [0.15, 0.2) is 0 Å². The molecule has 0 aliphatic carbocycles. The lowest BCUT2D eigenvalue weighted by molar-refractivity contribution is 0.399. The van der Waals surface area contributed by atoms with Crippen molar-refractivity contribution in [2.75, 3.05) is 7.11 Å². The summed E-state index contributed by atoms with van der Waals surface area (Å²) in [7, 11) is 1.73. The van der Waals surface area contributed by atoms with Crippen molar-refractivity contribution in [3.05, 3.63) is 28.8 Å². The lowest BCUT2D eigenvalue weighted by Gasteiger charge is -2.18. The third-order valence-corrected chi connectivity index (χ3v) is 3.68. The van der Waals surface area contributed by atoms with Gasteiger partial charge in [-0.05, 0) is 31.4 Å². The van der Waals surface area contributed by atoms with Crippen molar-refractivity contribution < 1.29 is 4.74 Å². The number of benzene rings is 1. The zero-order chi connectivity index (χ0) is 13.5. The molecule has 1 atom stereocenters. The van der Waals surface area contributed by atoms with Gasteiger partial charge in [0.25, 0.3) is 0 Å². The SMILES string of the molecule is CCCCCCC(N)c1ccc(C)c(C)c1OC. The van der Waals surface area contributed by atoms with E-state index in [4.69, 9.17) is 10.5 Å². The van der Waals surface area contributed by atoms with E-state index in [1.54, 1.807) is 7.11 Å². The first-order valence-electron chi connectivity index (χ1n) is 7.01. The smallest absolute Gasteiger partial charge is 0.126 e. The standard InChI is InChI=1S/C16H27NO/c1-5-6-7-8-9-15(17)14-11-10-12(2)13(3)16(14)18-4/h10-11,15H,5-9,17H2,1-4H3. The lowest BCUT2D eigenvalue weighted by Crippen LogP contribution is -2.12. The number of nitrogens with two attached hydrogens (primary N) is 1. The Hall–Kier alpha value is -1.02. The van der Waals surface area contributed by atoms with E-state index in [0.29, 0.717) is 0 Å². The molecule has 0 amide bonds. The van der Waals surface area contributed by atoms with Crippen molar-refractivity contribution in [2.24, 2.45) is 5.73 Å². The first-order chi connectivity index (χ1) is 8.61. The zero-order valence-corrected chi connectivity index (χ0v) is 12.3. The molecule has 0 saturated carbocycles. The minimum absolute atomic E-state index is 0.0936. The molecule has 2 N–H and O–H groups in total. The van der Waals surface area contributed by atoms with Crippen LogP contribution in [0.25, 0.3) is 0 Å². The Morgan fingerprint density at radius 1 is 1.17 bits per heavy atom. The van der Waals surface area contributed by atoms with E-state index in [1.807, 2.05) is 0 Å². The van der Waals surface area contributed by atoms with Crippen LogP contribution in [0, 0.1) is 13.8 Å². The van der Waals surface area contributed by atoms with Crippen LogP contribution in [0.3, 0.4) is 0 Å². The molecule has 0 aliphatic rings. The van der Waals surface area contributed by atoms with E-state index in [1.165, 1.54) is 36.8 Å². The Kier molecular flexibility index (Phi) is 6.20. The predicted molar refractivity (Wildman–Crippen MR) is 78.2 cm³/mol. The second-order valence-corrected chi connectivity index (χ2v) is 5.09. The molecule has 2 heteroatoms. The minimum Gasteiger partial charge on any atom is -0.496 e. The molecule has 1 aromatic rings. The van der Waals surface area contributed by atoms with E-state index in [9.17, 15) is 0 Å². The summed E-state index contributed by atoms with van der Waals surface area (Å²) in [6.07, 6.45) is 6.08. The summed E-state index contributed by atoms with van der Waals surface area (Å²) in [5.41, 5.74) is 9.91. The van der Waals surface area contributed by atoms with Gasteiger partial charge >= 0.3 is 0 Å². The van der Waals surface area contributed by atoms with Crippen molar-refractivity contribution in [2.45, 2.75) is 58.9 Å². The highest BCUT2D eigenvalue weighted by Gasteiger charge is 2.14. The highest BCUT2D eigenvalue weighted by Crippen LogP contribution is 2.31. The quantitative estimate of drug-likeness (QED) is 0.732. The molecule has 0 fully saturated rings. The highest BCUT2D eigenvalue weighted by molar-refractivity contribution is 5.46. The van der Waals surface area contributed by atoms with Gasteiger partial charge in [0.2, 0.25) is 0 Å². The van der Waals surface area contributed by atoms with Gasteiger partial charge in [-0.25, -0.2) is 0 Å². The van der Waals surface area contributed by atoms with Gasteiger partial charge in [-0.2, -0.15) is 0 Å². The van der Waals surface area contributed by atoms with Crippen LogP contribution in [0.2, 0.25) is 0 Å². The van der Waals surface area contributed by atoms with Gasteiger partial charge in [-0.3, -0.25) is 0 Å². The molecule has 1 aromatic carbocycles. The largest absolute Gasteiger partial charge is 0.496 e. The molecule has 18 heavy (non-hydrogen) atoms. The van der Waals surface area contributed by atoms with Gasteiger partial charge in [-0.15, -0.1) is 0 Å². The van der Waals surface area contributed by atoms with Crippen LogP contribution < -0.4 is 10.5 Å². The molecule has 1 rings (SSSR count). The van der Waals surface area contributed by atoms with E-state index >= 15 is 0 Å². The van der Waals surface area contributed by atoms with Crippen molar-refractivity contribution in [1.29, 1.82) is 0 Å². The number of aryl methyl sites for hydroxylation is 1. The van der Waals surface area contributed by atoms with E-state index in [-0.39, 0.29) is 6.04 Å². The molecule has 0 aliphatic heterocycles. The van der Waals surface area contributed by atoms with Crippen LogP contribution >= 0.6 is 0 Å². The summed E-state index contributed by atoms with van der Waals surface area (Å²) >= 11 is 0. The Bertz CT molecular complexity index is 374. The van der Waals surface area contributed by atoms with Crippen LogP contribution in [0.15, 0.2) is 12.1 Å². The molecule has 0 radical (unpaired) electrons. The van der Waals surface area contributed by atoms with Crippen LogP contribution in [0.4, 0.5) is 0 Å². The summed E-state index contributed by atoms with van der Waals surface area (Å²) in [4.78, 5) is 0. The number of unbranched alkanes of at least 4 members (excludes halogenated alkanes) is 3. The lowest BCUT2D eigenvalue weighted by atomic mass is 9.96. The Morgan fingerprint density at radius 3 is 2.50 bits per heavy atom. The Labute approximate surface area is 112 Å². The molecule has 102 valence electrons. The van der Waals surface area contributed by atoms with Crippen LogP contribution in [-0.4, -0.2) is 7.11 Å². The predicted octanol–water partition coefficient (Wildman–Crippen LogP) is 4.28. The summed E-state index contributed by atoms with van der Waals surface area (Å²) in [5, 5.41) is 0. The Morgan fingerprint density at radius 2 is 1.89 bits per heavy atom. The molecular weight excluding hydrogens is 222 g/mol. The van der Waals surface area contributed by atoms with Gasteiger partial charge in [-0.1, -0.05) is 44.7 Å². The fraction of sp³-hybridized carbons (Fsp3) is 0.625. The van der Waals surface area contributed by atoms with Crippen molar-refractivity contribution >= 4 is 0 Å². The van der Waals surface area contributed by atoms with Crippen LogP contribution in [0.1, 0.15) is 61.8 Å². The molecule has 2 nitrogen and oxygen atoms in total. The van der Waals surface area contributed by atoms with E-state index in [0.717, 1.165) is 17.7 Å². The summed E-state index contributed by atoms with van der Waals surface area (Å²) < 4.78 is 5.53. The number of rotatable bonds is 7. The number of methoxy groups -OCH3 is 1. The first kappa shape index (κ1) is 15.0. The monoisotopic (exact) mass is 249 g/mol. The Balaban J connectivity index is 2.73. The fourth-order valence-electron chi connectivity index (χ4n) is 2.32. The maximum atomic E-state index is 6.29. The maximum absolute atomic E-state index is 6.29. The van der Waals surface area contributed by atoms with Crippen LogP contribution in [-0.2, 0) is 0 Å². The second kappa shape index (κ2) is 7.42. The third kappa shape index (κ3) is 3.74. The average molecular weight is 249 g/mol. The van der Waals surface area contributed by atoms with E-state index in [2.05, 4.69) is 32.9 Å². The highest BCUT2D eigenvalue weighted by atomic mass is 16.5. The normalized spacial score (nSPS) is 12.5. The fourth-order valence-corrected chi connectivity index (χ4v) is 2.32. The molecule has 0 spiro atoms. The molecule has 0 bridgehead atoms. The number of ether oxygens (including phenoxy) is 1. The maximum Gasteiger partial charge on any atom is 0.126 e. The van der Waals surface area contributed by atoms with Gasteiger partial charge in [0.05, 0.1) is 7.11 Å². The van der Waals surface area contributed by atoms with Gasteiger partial charge in [0, 0.05) is 11.6 Å². The third-order valence-electron chi connectivity index (χ3n) is 3.68. The molecule has 0 aromatic heterocycles. The van der Waals surface area contributed by atoms with E-state index < -0.39 is 0 Å². The van der Waals surface area contributed by atoms with Crippen molar-refractivity contribution in [3.8, 4) is 5.75 Å². The minimum atomic E-state index is 0.0936. The number of hydrogen-bond donors (Lipinski definition) is 1. The summed E-state index contributed by atoms with van der Waals surface area (Å²) in [6, 6.07) is 4.35.